The minimum absolute atomic E-state index is 0.129. The number of rotatable bonds is 0. The molecular weight excluding hydrogens is 153 g/mol. The van der Waals surface area contributed by atoms with Gasteiger partial charge in [-0.2, -0.15) is 0 Å². The number of hydrogen-bond acceptors (Lipinski definition) is 1. The normalized spacial score (nSPS) is 33.8. The molecule has 2 atom stereocenters. The third-order valence-corrected chi connectivity index (χ3v) is 2.82. The van der Waals surface area contributed by atoms with Crippen LogP contribution >= 0.6 is 0 Å². The molecule has 12 heavy (non-hydrogen) atoms. The second kappa shape index (κ2) is 3.33. The van der Waals surface area contributed by atoms with Gasteiger partial charge in [-0.1, -0.05) is 6.92 Å². The molecule has 0 N–H and O–H groups in total. The SMILES string of the molecule is C[C@H]1CCN(C(C)(C)C)C[C@@H]1F. The summed E-state index contributed by atoms with van der Waals surface area (Å²) in [5, 5.41) is 0. The summed E-state index contributed by atoms with van der Waals surface area (Å²) < 4.78 is 13.3. The molecule has 0 aromatic rings. The third kappa shape index (κ3) is 2.19. The molecule has 1 aliphatic rings. The summed E-state index contributed by atoms with van der Waals surface area (Å²) in [7, 11) is 0. The van der Waals surface area contributed by atoms with Crippen LogP contribution in [0.1, 0.15) is 34.1 Å². The fraction of sp³-hybridized carbons (Fsp3) is 1.00. The predicted octanol–water partition coefficient (Wildman–Crippen LogP) is 2.46. The van der Waals surface area contributed by atoms with Crippen LogP contribution in [0.25, 0.3) is 0 Å². The Morgan fingerprint density at radius 2 is 1.92 bits per heavy atom. The summed E-state index contributed by atoms with van der Waals surface area (Å²) in [5.74, 6) is 0.253. The van der Waals surface area contributed by atoms with Crippen molar-refractivity contribution in [3.8, 4) is 0 Å². The van der Waals surface area contributed by atoms with Crippen molar-refractivity contribution in [3.63, 3.8) is 0 Å². The maximum absolute atomic E-state index is 13.3. The highest BCUT2D eigenvalue weighted by Crippen LogP contribution is 2.25. The van der Waals surface area contributed by atoms with Gasteiger partial charge in [0.25, 0.3) is 0 Å². The van der Waals surface area contributed by atoms with Gasteiger partial charge < -0.3 is 0 Å². The quantitative estimate of drug-likeness (QED) is 0.544. The standard InChI is InChI=1S/C10H20FN/c1-8-5-6-12(7-9(8)11)10(2,3)4/h8-9H,5-7H2,1-4H3/t8-,9-/m0/s1. The van der Waals surface area contributed by atoms with Crippen molar-refractivity contribution in [2.45, 2.75) is 45.8 Å². The first-order chi connectivity index (χ1) is 5.41. The second-order valence-corrected chi connectivity index (χ2v) is 4.90. The molecule has 72 valence electrons. The van der Waals surface area contributed by atoms with Gasteiger partial charge in [0.05, 0.1) is 0 Å². The average Bonchev–Trinajstić information content (AvgIpc) is 1.92. The lowest BCUT2D eigenvalue weighted by Gasteiger charge is -2.41. The Morgan fingerprint density at radius 1 is 1.33 bits per heavy atom. The van der Waals surface area contributed by atoms with Gasteiger partial charge >= 0.3 is 0 Å². The zero-order chi connectivity index (χ0) is 9.35. The van der Waals surface area contributed by atoms with Crippen LogP contribution in [0.5, 0.6) is 0 Å². The van der Waals surface area contributed by atoms with E-state index in [1.807, 2.05) is 6.92 Å². The molecule has 0 bridgehead atoms. The van der Waals surface area contributed by atoms with Gasteiger partial charge in [0.2, 0.25) is 0 Å². The molecule has 1 fully saturated rings. The van der Waals surface area contributed by atoms with E-state index in [-0.39, 0.29) is 11.5 Å². The first kappa shape index (κ1) is 9.97. The van der Waals surface area contributed by atoms with E-state index in [0.29, 0.717) is 6.54 Å². The summed E-state index contributed by atoms with van der Waals surface area (Å²) in [4.78, 5) is 2.23. The zero-order valence-electron chi connectivity index (χ0n) is 8.60. The first-order valence-corrected chi connectivity index (χ1v) is 4.80. The topological polar surface area (TPSA) is 3.24 Å². The first-order valence-electron chi connectivity index (χ1n) is 4.80. The summed E-state index contributed by atoms with van der Waals surface area (Å²) in [6.07, 6.45) is 0.372. The zero-order valence-corrected chi connectivity index (χ0v) is 8.60. The van der Waals surface area contributed by atoms with Crippen LogP contribution in [0.4, 0.5) is 4.39 Å². The van der Waals surface area contributed by atoms with Crippen molar-refractivity contribution < 1.29 is 4.39 Å². The number of alkyl halides is 1. The summed E-state index contributed by atoms with van der Waals surface area (Å²) in [6, 6.07) is 0. The van der Waals surface area contributed by atoms with E-state index in [2.05, 4.69) is 25.7 Å². The Balaban J connectivity index is 2.51. The lowest BCUT2D eigenvalue weighted by molar-refractivity contribution is 0.0337. The van der Waals surface area contributed by atoms with Gasteiger partial charge in [-0.25, -0.2) is 4.39 Å². The summed E-state index contributed by atoms with van der Waals surface area (Å²) >= 11 is 0. The van der Waals surface area contributed by atoms with Crippen molar-refractivity contribution in [2.24, 2.45) is 5.92 Å². The molecular formula is C10H20FN. The van der Waals surface area contributed by atoms with Crippen LogP contribution in [-0.4, -0.2) is 29.7 Å². The Bertz CT molecular complexity index is 150. The molecule has 1 aliphatic heterocycles. The molecule has 0 radical (unpaired) electrons. The Morgan fingerprint density at radius 3 is 2.33 bits per heavy atom. The molecule has 1 saturated heterocycles. The van der Waals surface area contributed by atoms with Crippen LogP contribution < -0.4 is 0 Å². The molecule has 1 heterocycles. The van der Waals surface area contributed by atoms with E-state index in [0.717, 1.165) is 13.0 Å². The average molecular weight is 173 g/mol. The summed E-state index contributed by atoms with van der Waals surface area (Å²) in [6.45, 7) is 10.1. The van der Waals surface area contributed by atoms with Gasteiger partial charge in [-0.15, -0.1) is 0 Å². The number of nitrogens with zero attached hydrogens (tertiary/aromatic N) is 1. The van der Waals surface area contributed by atoms with Crippen molar-refractivity contribution in [3.05, 3.63) is 0 Å². The monoisotopic (exact) mass is 173 g/mol. The number of hydrogen-bond donors (Lipinski definition) is 0. The maximum Gasteiger partial charge on any atom is 0.115 e. The fourth-order valence-electron chi connectivity index (χ4n) is 1.63. The molecule has 0 saturated carbocycles. The molecule has 1 nitrogen and oxygen atoms in total. The minimum Gasteiger partial charge on any atom is -0.296 e. The Kier molecular flexibility index (Phi) is 2.77. The lowest BCUT2D eigenvalue weighted by Crippen LogP contribution is -2.50. The van der Waals surface area contributed by atoms with E-state index in [1.165, 1.54) is 0 Å². The van der Waals surface area contributed by atoms with Crippen LogP contribution in [0.15, 0.2) is 0 Å². The highest BCUT2D eigenvalue weighted by Gasteiger charge is 2.31. The third-order valence-electron chi connectivity index (χ3n) is 2.82. The predicted molar refractivity (Wildman–Crippen MR) is 50.0 cm³/mol. The smallest absolute Gasteiger partial charge is 0.115 e. The molecule has 0 spiro atoms. The molecule has 1 rings (SSSR count). The molecule has 0 aliphatic carbocycles. The van der Waals surface area contributed by atoms with Gasteiger partial charge in [-0.05, 0) is 39.7 Å². The van der Waals surface area contributed by atoms with Crippen LogP contribution in [0.2, 0.25) is 0 Å². The van der Waals surface area contributed by atoms with E-state index in [1.54, 1.807) is 0 Å². The van der Waals surface area contributed by atoms with Gasteiger partial charge in [-0.3, -0.25) is 4.90 Å². The molecule has 0 aromatic carbocycles. The van der Waals surface area contributed by atoms with Crippen molar-refractivity contribution in [2.75, 3.05) is 13.1 Å². The van der Waals surface area contributed by atoms with E-state index in [4.69, 9.17) is 0 Å². The van der Waals surface area contributed by atoms with Gasteiger partial charge in [0, 0.05) is 12.1 Å². The fourth-order valence-corrected chi connectivity index (χ4v) is 1.63. The maximum atomic E-state index is 13.3. The highest BCUT2D eigenvalue weighted by molar-refractivity contribution is 4.85. The number of halogens is 1. The van der Waals surface area contributed by atoms with Crippen LogP contribution in [0, 0.1) is 5.92 Å². The number of piperidine rings is 1. The van der Waals surface area contributed by atoms with E-state index < -0.39 is 6.17 Å². The largest absolute Gasteiger partial charge is 0.296 e. The van der Waals surface area contributed by atoms with Gasteiger partial charge in [0.15, 0.2) is 0 Å². The van der Waals surface area contributed by atoms with E-state index >= 15 is 0 Å². The van der Waals surface area contributed by atoms with Crippen LogP contribution in [-0.2, 0) is 0 Å². The second-order valence-electron chi connectivity index (χ2n) is 4.90. The molecule has 0 unspecified atom stereocenters. The Hall–Kier alpha value is -0.110. The minimum atomic E-state index is -0.627. The molecule has 0 aromatic heterocycles. The Labute approximate surface area is 74.9 Å². The molecule has 0 amide bonds. The summed E-state index contributed by atoms with van der Waals surface area (Å²) in [5.41, 5.74) is 0.129. The number of likely N-dealkylation sites (tertiary alicyclic amines) is 1. The van der Waals surface area contributed by atoms with Crippen molar-refractivity contribution >= 4 is 0 Å². The van der Waals surface area contributed by atoms with E-state index in [9.17, 15) is 4.39 Å². The molecule has 2 heteroatoms. The highest BCUT2D eigenvalue weighted by atomic mass is 19.1. The lowest BCUT2D eigenvalue weighted by atomic mass is 9.93. The van der Waals surface area contributed by atoms with Gasteiger partial charge in [0.1, 0.15) is 6.17 Å². The van der Waals surface area contributed by atoms with Crippen molar-refractivity contribution in [1.29, 1.82) is 0 Å². The van der Waals surface area contributed by atoms with Crippen LogP contribution in [0.3, 0.4) is 0 Å². The van der Waals surface area contributed by atoms with Crippen molar-refractivity contribution in [1.82, 2.24) is 4.90 Å².